The third-order valence-electron chi connectivity index (χ3n) is 2.90. The van der Waals surface area contributed by atoms with Gasteiger partial charge in [0.2, 0.25) is 0 Å². The first-order valence-corrected chi connectivity index (χ1v) is 7.99. The molecule has 0 saturated carbocycles. The number of thioether (sulfide) groups is 1. The largest absolute Gasteiger partial charge is 0.316 e. The average Bonchev–Trinajstić information content (AvgIpc) is 2.82. The maximum absolute atomic E-state index is 4.43. The molecule has 0 aliphatic heterocycles. The molecule has 1 N–H and O–H groups in total. The molecule has 102 valence electrons. The molecule has 3 nitrogen and oxygen atoms in total. The summed E-state index contributed by atoms with van der Waals surface area (Å²) in [6, 6.07) is 11.0. The number of hydrogen-bond donors (Lipinski definition) is 1. The van der Waals surface area contributed by atoms with Crippen LogP contribution in [0.25, 0.3) is 0 Å². The molecular weight excluding hydrogens is 322 g/mol. The third-order valence-corrected chi connectivity index (χ3v) is 4.60. The first-order chi connectivity index (χ1) is 9.17. The Morgan fingerprint density at radius 3 is 2.63 bits per heavy atom. The first-order valence-electron chi connectivity index (χ1n) is 6.21. The second-order valence-electron chi connectivity index (χ2n) is 4.44. The van der Waals surface area contributed by atoms with Gasteiger partial charge in [-0.05, 0) is 37.4 Å². The highest BCUT2D eigenvalue weighted by Crippen LogP contribution is 2.21. The molecule has 0 bridgehead atoms. The number of likely N-dealkylation sites (N-methyl/N-ethyl adjacent to an activating group) is 1. The van der Waals surface area contributed by atoms with Crippen molar-refractivity contribution in [2.45, 2.75) is 17.4 Å². The lowest BCUT2D eigenvalue weighted by Crippen LogP contribution is -2.30. The third kappa shape index (κ3) is 4.67. The van der Waals surface area contributed by atoms with Crippen molar-refractivity contribution in [2.24, 2.45) is 7.05 Å². The van der Waals surface area contributed by atoms with E-state index in [1.807, 2.05) is 36.7 Å². The van der Waals surface area contributed by atoms with E-state index in [1.165, 1.54) is 4.90 Å². The number of aromatic nitrogens is 2. The summed E-state index contributed by atoms with van der Waals surface area (Å²) in [5.74, 6) is 1.04. The van der Waals surface area contributed by atoms with Crippen LogP contribution in [0.4, 0.5) is 0 Å². The Labute approximate surface area is 126 Å². The van der Waals surface area contributed by atoms with Gasteiger partial charge in [0.05, 0.1) is 5.69 Å². The average molecular weight is 340 g/mol. The molecule has 5 heteroatoms. The summed E-state index contributed by atoms with van der Waals surface area (Å²) in [5.41, 5.74) is 1.14. The van der Waals surface area contributed by atoms with Crippen LogP contribution in [0.2, 0.25) is 0 Å². The quantitative estimate of drug-likeness (QED) is 0.820. The van der Waals surface area contributed by atoms with Gasteiger partial charge in [0.25, 0.3) is 0 Å². The van der Waals surface area contributed by atoms with Crippen LogP contribution < -0.4 is 5.32 Å². The van der Waals surface area contributed by atoms with E-state index in [1.54, 1.807) is 0 Å². The van der Waals surface area contributed by atoms with E-state index in [4.69, 9.17) is 0 Å². The van der Waals surface area contributed by atoms with Gasteiger partial charge in [0.15, 0.2) is 0 Å². The second kappa shape index (κ2) is 7.12. The molecule has 0 aliphatic carbocycles. The van der Waals surface area contributed by atoms with Crippen LogP contribution >= 0.6 is 27.7 Å². The van der Waals surface area contributed by atoms with Gasteiger partial charge >= 0.3 is 0 Å². The highest BCUT2D eigenvalue weighted by Gasteiger charge is 2.09. The molecule has 2 aromatic rings. The van der Waals surface area contributed by atoms with E-state index in [2.05, 4.69) is 56.7 Å². The van der Waals surface area contributed by atoms with Crippen LogP contribution in [-0.4, -0.2) is 28.6 Å². The van der Waals surface area contributed by atoms with E-state index in [0.29, 0.717) is 6.04 Å². The van der Waals surface area contributed by atoms with Crippen molar-refractivity contribution >= 4 is 27.7 Å². The number of aryl methyl sites for hydroxylation is 1. The molecule has 1 aromatic carbocycles. The molecule has 0 amide bonds. The van der Waals surface area contributed by atoms with Crippen molar-refractivity contribution in [1.29, 1.82) is 0 Å². The van der Waals surface area contributed by atoms with Crippen molar-refractivity contribution in [3.05, 3.63) is 46.7 Å². The molecule has 1 unspecified atom stereocenters. The topological polar surface area (TPSA) is 29.9 Å². The summed E-state index contributed by atoms with van der Waals surface area (Å²) in [5, 5.41) is 7.79. The lowest BCUT2D eigenvalue weighted by Gasteiger charge is -2.14. The van der Waals surface area contributed by atoms with Crippen molar-refractivity contribution < 1.29 is 0 Å². The summed E-state index contributed by atoms with van der Waals surface area (Å²) < 4.78 is 2.97. The molecule has 2 rings (SSSR count). The minimum atomic E-state index is 0.434. The minimum Gasteiger partial charge on any atom is -0.316 e. The molecule has 0 fully saturated rings. The van der Waals surface area contributed by atoms with Gasteiger partial charge in [-0.3, -0.25) is 4.68 Å². The number of benzene rings is 1. The zero-order valence-corrected chi connectivity index (χ0v) is 13.5. The molecule has 1 atom stereocenters. The zero-order valence-electron chi connectivity index (χ0n) is 11.1. The second-order valence-corrected chi connectivity index (χ2v) is 6.44. The van der Waals surface area contributed by atoms with E-state index in [-0.39, 0.29) is 0 Å². The normalized spacial score (nSPS) is 12.6. The predicted octanol–water partition coefficient (Wildman–Crippen LogP) is 3.11. The van der Waals surface area contributed by atoms with Crippen LogP contribution in [0.5, 0.6) is 0 Å². The fourth-order valence-corrected chi connectivity index (χ4v) is 3.07. The molecule has 1 heterocycles. The fraction of sp³-hybridized carbons (Fsp3) is 0.357. The molecular formula is C14H18BrN3S. The summed E-state index contributed by atoms with van der Waals surface area (Å²) in [7, 11) is 3.96. The Morgan fingerprint density at radius 1 is 1.32 bits per heavy atom. The number of halogens is 1. The lowest BCUT2D eigenvalue weighted by atomic mass is 10.2. The highest BCUT2D eigenvalue weighted by atomic mass is 79.9. The Balaban J connectivity index is 1.87. The standard InChI is InChI=1S/C14H18BrN3S/c1-16-13(9-12-7-8-18(2)17-12)10-19-14-5-3-11(15)4-6-14/h3-8,13,16H,9-10H2,1-2H3. The Bertz CT molecular complexity index is 510. The number of rotatable bonds is 6. The smallest absolute Gasteiger partial charge is 0.0640 e. The summed E-state index contributed by atoms with van der Waals surface area (Å²) in [6.07, 6.45) is 2.95. The lowest BCUT2D eigenvalue weighted by molar-refractivity contribution is 0.600. The summed E-state index contributed by atoms with van der Waals surface area (Å²) >= 11 is 5.32. The Kier molecular flexibility index (Phi) is 5.48. The van der Waals surface area contributed by atoms with Crippen LogP contribution in [0, 0.1) is 0 Å². The number of hydrogen-bond acceptors (Lipinski definition) is 3. The fourth-order valence-electron chi connectivity index (χ4n) is 1.80. The van der Waals surface area contributed by atoms with Crippen LogP contribution in [-0.2, 0) is 13.5 Å². The van der Waals surface area contributed by atoms with Crippen molar-refractivity contribution in [3.8, 4) is 0 Å². The van der Waals surface area contributed by atoms with E-state index >= 15 is 0 Å². The van der Waals surface area contributed by atoms with Gasteiger partial charge in [-0.1, -0.05) is 15.9 Å². The van der Waals surface area contributed by atoms with Gasteiger partial charge in [-0.2, -0.15) is 5.10 Å². The number of nitrogens with one attached hydrogen (secondary N) is 1. The molecule has 1 aromatic heterocycles. The van der Waals surface area contributed by atoms with Gasteiger partial charge in [-0.25, -0.2) is 0 Å². The van der Waals surface area contributed by atoms with Crippen molar-refractivity contribution in [3.63, 3.8) is 0 Å². The van der Waals surface area contributed by atoms with Gasteiger partial charge < -0.3 is 5.32 Å². The maximum Gasteiger partial charge on any atom is 0.0640 e. The summed E-state index contributed by atoms with van der Waals surface area (Å²) in [4.78, 5) is 1.30. The summed E-state index contributed by atoms with van der Waals surface area (Å²) in [6.45, 7) is 0. The maximum atomic E-state index is 4.43. The molecule has 19 heavy (non-hydrogen) atoms. The van der Waals surface area contributed by atoms with Gasteiger partial charge in [-0.15, -0.1) is 11.8 Å². The molecule has 0 saturated heterocycles. The number of nitrogens with zero attached hydrogens (tertiary/aromatic N) is 2. The van der Waals surface area contributed by atoms with Crippen LogP contribution in [0.1, 0.15) is 5.69 Å². The molecule has 0 aliphatic rings. The van der Waals surface area contributed by atoms with Gasteiger partial charge in [0, 0.05) is 40.8 Å². The Morgan fingerprint density at radius 2 is 2.05 bits per heavy atom. The van der Waals surface area contributed by atoms with Crippen molar-refractivity contribution in [1.82, 2.24) is 15.1 Å². The first kappa shape index (κ1) is 14.6. The Hall–Kier alpha value is -0.780. The van der Waals surface area contributed by atoms with Gasteiger partial charge in [0.1, 0.15) is 0 Å². The molecule has 0 radical (unpaired) electrons. The predicted molar refractivity (Wildman–Crippen MR) is 84.6 cm³/mol. The van der Waals surface area contributed by atoms with Crippen molar-refractivity contribution in [2.75, 3.05) is 12.8 Å². The van der Waals surface area contributed by atoms with Crippen LogP contribution in [0.15, 0.2) is 45.9 Å². The van der Waals surface area contributed by atoms with E-state index in [9.17, 15) is 0 Å². The SMILES string of the molecule is CNC(CSc1ccc(Br)cc1)Cc1ccn(C)n1. The zero-order chi connectivity index (χ0) is 13.7. The molecule has 0 spiro atoms. The van der Waals surface area contributed by atoms with Crippen LogP contribution in [0.3, 0.4) is 0 Å². The van der Waals surface area contributed by atoms with E-state index in [0.717, 1.165) is 22.3 Å². The monoisotopic (exact) mass is 339 g/mol. The minimum absolute atomic E-state index is 0.434. The highest BCUT2D eigenvalue weighted by molar-refractivity contribution is 9.10. The van der Waals surface area contributed by atoms with E-state index < -0.39 is 0 Å².